The molecule has 2 aromatic rings. The first-order chi connectivity index (χ1) is 13.8. The highest BCUT2D eigenvalue weighted by molar-refractivity contribution is 7.92. The number of amides is 2. The molecule has 8 nitrogen and oxygen atoms in total. The molecule has 0 unspecified atom stereocenters. The Kier molecular flexibility index (Phi) is 6.08. The molecule has 0 aliphatic carbocycles. The molecule has 1 aliphatic heterocycles. The van der Waals surface area contributed by atoms with Crippen LogP contribution in [0.5, 0.6) is 0 Å². The zero-order valence-corrected chi connectivity index (χ0v) is 16.1. The van der Waals surface area contributed by atoms with Crippen molar-refractivity contribution in [2.24, 2.45) is 5.92 Å². The predicted molar refractivity (Wildman–Crippen MR) is 99.8 cm³/mol. The van der Waals surface area contributed by atoms with Gasteiger partial charge in [0.1, 0.15) is 0 Å². The summed E-state index contributed by atoms with van der Waals surface area (Å²) in [6, 6.07) is 6.23. The summed E-state index contributed by atoms with van der Waals surface area (Å²) in [7, 11) is -4.99. The van der Waals surface area contributed by atoms with Gasteiger partial charge in [0, 0.05) is 19.0 Å². The molecule has 11 heteroatoms. The molecule has 2 N–H and O–H groups in total. The van der Waals surface area contributed by atoms with Crippen molar-refractivity contribution in [3.8, 4) is 0 Å². The molecule has 1 aliphatic rings. The number of hydrogen-bond acceptors (Lipinski definition) is 6. The maximum atomic E-state index is 15.0. The van der Waals surface area contributed by atoms with E-state index in [-0.39, 0.29) is 31.5 Å². The zero-order chi connectivity index (χ0) is 21.1. The maximum absolute atomic E-state index is 15.0. The lowest BCUT2D eigenvalue weighted by atomic mass is 9.97. The Balaban J connectivity index is 1.70. The standard InChI is InChI=1S/C18H20F2N4O4S/c19-18(20,29(27,28)16-4-2-1-3-13(16)12-25)14-6-9-24(10-7-14)17(26)23-15-5-8-21-22-11-15/h1-5,8,11,14,25H,6-7,9-10,12H2,(H,21,23,26). The molecule has 156 valence electrons. The molecule has 2 amide bonds. The van der Waals surface area contributed by atoms with Crippen LogP contribution < -0.4 is 5.32 Å². The van der Waals surface area contributed by atoms with E-state index in [1.807, 2.05) is 0 Å². The Bertz CT molecular complexity index is 965. The summed E-state index contributed by atoms with van der Waals surface area (Å²) in [5.41, 5.74) is 0.343. The third-order valence-corrected chi connectivity index (χ3v) is 6.91. The van der Waals surface area contributed by atoms with E-state index >= 15 is 0 Å². The molecule has 3 rings (SSSR count). The van der Waals surface area contributed by atoms with Gasteiger partial charge in [-0.1, -0.05) is 18.2 Å². The van der Waals surface area contributed by atoms with Gasteiger partial charge in [-0.05, 0) is 30.5 Å². The number of aliphatic hydroxyl groups excluding tert-OH is 1. The molecular formula is C18H20F2N4O4S. The van der Waals surface area contributed by atoms with Crippen LogP contribution >= 0.6 is 0 Å². The smallest absolute Gasteiger partial charge is 0.352 e. The monoisotopic (exact) mass is 426 g/mol. The lowest BCUT2D eigenvalue weighted by Crippen LogP contribution is -2.47. The molecule has 2 heterocycles. The number of aliphatic hydroxyl groups is 1. The number of hydrogen-bond donors (Lipinski definition) is 2. The predicted octanol–water partition coefficient (Wildman–Crippen LogP) is 2.28. The molecule has 0 bridgehead atoms. The minimum atomic E-state index is -4.99. The number of urea groups is 1. The van der Waals surface area contributed by atoms with E-state index in [9.17, 15) is 27.1 Å². The van der Waals surface area contributed by atoms with Gasteiger partial charge in [-0.3, -0.25) is 0 Å². The average molecular weight is 426 g/mol. The van der Waals surface area contributed by atoms with Gasteiger partial charge in [0.2, 0.25) is 9.84 Å². The van der Waals surface area contributed by atoms with Crippen molar-refractivity contribution in [1.82, 2.24) is 15.1 Å². The molecule has 0 saturated carbocycles. The molecule has 0 atom stereocenters. The SMILES string of the molecule is O=C(Nc1ccnnc1)N1CCC(C(F)(F)S(=O)(=O)c2ccccc2CO)CC1. The summed E-state index contributed by atoms with van der Waals surface area (Å²) in [5.74, 6) is -1.44. The third-order valence-electron chi connectivity index (χ3n) is 4.88. The molecule has 1 aromatic heterocycles. The van der Waals surface area contributed by atoms with Gasteiger partial charge in [0.15, 0.2) is 0 Å². The fraction of sp³-hybridized carbons (Fsp3) is 0.389. The highest BCUT2D eigenvalue weighted by atomic mass is 32.2. The Morgan fingerprint density at radius 3 is 2.52 bits per heavy atom. The van der Waals surface area contributed by atoms with Crippen LogP contribution in [0, 0.1) is 5.92 Å². The highest BCUT2D eigenvalue weighted by Gasteiger charge is 2.53. The molecular weight excluding hydrogens is 406 g/mol. The topological polar surface area (TPSA) is 112 Å². The molecule has 0 spiro atoms. The average Bonchev–Trinajstić information content (AvgIpc) is 2.74. The number of rotatable bonds is 5. The Hall–Kier alpha value is -2.66. The Labute approximate surface area is 166 Å². The van der Waals surface area contributed by atoms with Crippen molar-refractivity contribution in [3.63, 3.8) is 0 Å². The number of carbonyl (C=O) groups excluding carboxylic acids is 1. The number of nitrogens with one attached hydrogen (secondary N) is 1. The van der Waals surface area contributed by atoms with Crippen molar-refractivity contribution in [1.29, 1.82) is 0 Å². The van der Waals surface area contributed by atoms with Gasteiger partial charge >= 0.3 is 11.3 Å². The summed E-state index contributed by atoms with van der Waals surface area (Å²) in [6.45, 7) is -0.683. The fourth-order valence-electron chi connectivity index (χ4n) is 3.25. The number of halogens is 2. The number of likely N-dealkylation sites (tertiary alicyclic amines) is 1. The number of benzene rings is 1. The quantitative estimate of drug-likeness (QED) is 0.759. The van der Waals surface area contributed by atoms with E-state index in [4.69, 9.17) is 0 Å². The first-order valence-corrected chi connectivity index (χ1v) is 10.4. The minimum absolute atomic E-state index is 0.0121. The largest absolute Gasteiger partial charge is 0.392 e. The van der Waals surface area contributed by atoms with Gasteiger partial charge in [-0.2, -0.15) is 19.0 Å². The number of alkyl halides is 2. The van der Waals surface area contributed by atoms with E-state index < -0.39 is 38.5 Å². The molecule has 0 radical (unpaired) electrons. The van der Waals surface area contributed by atoms with E-state index in [0.29, 0.717) is 5.69 Å². The number of nitrogens with zero attached hydrogens (tertiary/aromatic N) is 3. The van der Waals surface area contributed by atoms with E-state index in [1.165, 1.54) is 41.6 Å². The second-order valence-electron chi connectivity index (χ2n) is 6.65. The number of sulfone groups is 1. The van der Waals surface area contributed by atoms with Crippen molar-refractivity contribution >= 4 is 21.6 Å². The first-order valence-electron chi connectivity index (χ1n) is 8.91. The number of piperidine rings is 1. The summed E-state index contributed by atoms with van der Waals surface area (Å²) in [5, 5.41) is 15.1. The normalized spacial score (nSPS) is 15.9. The highest BCUT2D eigenvalue weighted by Crippen LogP contribution is 2.41. The van der Waals surface area contributed by atoms with Crippen LogP contribution in [0.25, 0.3) is 0 Å². The van der Waals surface area contributed by atoms with Crippen LogP contribution in [0.15, 0.2) is 47.6 Å². The van der Waals surface area contributed by atoms with Crippen molar-refractivity contribution < 1.29 is 27.1 Å². The number of aromatic nitrogens is 2. The lowest BCUT2D eigenvalue weighted by Gasteiger charge is -2.35. The summed E-state index contributed by atoms with van der Waals surface area (Å²) >= 11 is 0. The maximum Gasteiger partial charge on any atom is 0.352 e. The summed E-state index contributed by atoms with van der Waals surface area (Å²) < 4.78 is 55.2. The van der Waals surface area contributed by atoms with Crippen LogP contribution in [0.4, 0.5) is 19.3 Å². The van der Waals surface area contributed by atoms with Crippen molar-refractivity contribution in [3.05, 3.63) is 48.3 Å². The molecule has 29 heavy (non-hydrogen) atoms. The zero-order valence-electron chi connectivity index (χ0n) is 15.3. The van der Waals surface area contributed by atoms with Gasteiger partial charge < -0.3 is 15.3 Å². The van der Waals surface area contributed by atoms with Crippen molar-refractivity contribution in [2.45, 2.75) is 29.6 Å². The molecule has 1 fully saturated rings. The van der Waals surface area contributed by atoms with Gasteiger partial charge in [-0.25, -0.2) is 13.2 Å². The Morgan fingerprint density at radius 1 is 1.21 bits per heavy atom. The second-order valence-corrected chi connectivity index (χ2v) is 8.64. The van der Waals surface area contributed by atoms with Gasteiger partial charge in [0.05, 0.1) is 29.6 Å². The Morgan fingerprint density at radius 2 is 1.90 bits per heavy atom. The lowest BCUT2D eigenvalue weighted by molar-refractivity contribution is 0.000342. The van der Waals surface area contributed by atoms with Crippen molar-refractivity contribution in [2.75, 3.05) is 18.4 Å². The second kappa shape index (κ2) is 8.37. The molecule has 1 saturated heterocycles. The van der Waals surface area contributed by atoms with Crippen LogP contribution in [0.1, 0.15) is 18.4 Å². The summed E-state index contributed by atoms with van der Waals surface area (Å²) in [4.78, 5) is 13.0. The van der Waals surface area contributed by atoms with Crippen LogP contribution in [0.3, 0.4) is 0 Å². The third kappa shape index (κ3) is 4.20. The van der Waals surface area contributed by atoms with E-state index in [0.717, 1.165) is 6.07 Å². The summed E-state index contributed by atoms with van der Waals surface area (Å²) in [6.07, 6.45) is 2.41. The molecule has 1 aromatic carbocycles. The number of carbonyl (C=O) groups is 1. The van der Waals surface area contributed by atoms with Gasteiger partial charge in [-0.15, -0.1) is 0 Å². The van der Waals surface area contributed by atoms with Crippen LogP contribution in [-0.2, 0) is 16.4 Å². The van der Waals surface area contributed by atoms with Crippen LogP contribution in [0.2, 0.25) is 0 Å². The fourth-order valence-corrected chi connectivity index (χ4v) is 4.95. The van der Waals surface area contributed by atoms with E-state index in [2.05, 4.69) is 15.5 Å². The number of anilines is 1. The first kappa shape index (κ1) is 21.1. The van der Waals surface area contributed by atoms with Crippen LogP contribution in [-0.4, -0.2) is 53.0 Å². The van der Waals surface area contributed by atoms with Gasteiger partial charge in [0.25, 0.3) is 0 Å². The van der Waals surface area contributed by atoms with E-state index in [1.54, 1.807) is 0 Å². The minimum Gasteiger partial charge on any atom is -0.392 e.